The second-order valence-electron chi connectivity index (χ2n) is 6.51. The van der Waals surface area contributed by atoms with E-state index in [0.717, 1.165) is 6.42 Å². The van der Waals surface area contributed by atoms with Crippen LogP contribution in [0.4, 0.5) is 0 Å². The van der Waals surface area contributed by atoms with E-state index < -0.39 is 0 Å². The van der Waals surface area contributed by atoms with E-state index in [1.165, 1.54) is 47.9 Å². The van der Waals surface area contributed by atoms with E-state index in [9.17, 15) is 4.79 Å². The maximum Gasteiger partial charge on any atom is 0.220 e. The lowest BCUT2D eigenvalue weighted by Crippen LogP contribution is -2.27. The van der Waals surface area contributed by atoms with E-state index in [4.69, 9.17) is 0 Å². The molecule has 1 atom stereocenters. The molecule has 1 amide bonds. The predicted octanol–water partition coefficient (Wildman–Crippen LogP) is 4.38. The van der Waals surface area contributed by atoms with Gasteiger partial charge in [-0.15, -0.1) is 0 Å². The molecule has 2 aromatic rings. The molecule has 0 saturated heterocycles. The van der Waals surface area contributed by atoms with Gasteiger partial charge in [-0.25, -0.2) is 0 Å². The van der Waals surface area contributed by atoms with Crippen LogP contribution in [0, 0.1) is 0 Å². The van der Waals surface area contributed by atoms with Crippen molar-refractivity contribution in [3.8, 4) is 0 Å². The Morgan fingerprint density at radius 1 is 1.04 bits per heavy atom. The number of fused-ring (bicyclic) bond motifs is 1. The second kappa shape index (κ2) is 7.45. The number of rotatable bonds is 5. The third kappa shape index (κ3) is 4.22. The second-order valence-corrected chi connectivity index (χ2v) is 6.51. The van der Waals surface area contributed by atoms with E-state index >= 15 is 0 Å². The van der Waals surface area contributed by atoms with Crippen molar-refractivity contribution in [1.82, 2.24) is 5.32 Å². The zero-order valence-corrected chi connectivity index (χ0v) is 13.8. The first-order valence-electron chi connectivity index (χ1n) is 8.67. The molecule has 0 aliphatic heterocycles. The summed E-state index contributed by atoms with van der Waals surface area (Å²) in [4.78, 5) is 12.2. The molecule has 0 radical (unpaired) electrons. The number of carbonyl (C=O) groups excluding carboxylic acids is 1. The number of benzene rings is 2. The number of carbonyl (C=O) groups is 1. The minimum Gasteiger partial charge on any atom is -0.350 e. The molecule has 2 heteroatoms. The van der Waals surface area contributed by atoms with E-state index in [1.54, 1.807) is 0 Å². The fraction of sp³-hybridized carbons (Fsp3) is 0.381. The molecule has 23 heavy (non-hydrogen) atoms. The minimum atomic E-state index is 0.0745. The van der Waals surface area contributed by atoms with E-state index in [-0.39, 0.29) is 11.9 Å². The van der Waals surface area contributed by atoms with Crippen molar-refractivity contribution in [2.75, 3.05) is 0 Å². The first-order chi connectivity index (χ1) is 11.2. The number of hydrogen-bond donors (Lipinski definition) is 1. The Morgan fingerprint density at radius 3 is 2.57 bits per heavy atom. The lowest BCUT2D eigenvalue weighted by molar-refractivity contribution is -0.121. The highest BCUT2D eigenvalue weighted by atomic mass is 16.1. The zero-order valence-electron chi connectivity index (χ0n) is 13.8. The summed E-state index contributed by atoms with van der Waals surface area (Å²) in [6.07, 6.45) is 6.31. The molecule has 120 valence electrons. The Balaban J connectivity index is 1.56. The molecular weight excluding hydrogens is 282 g/mol. The molecule has 0 bridgehead atoms. The summed E-state index contributed by atoms with van der Waals surface area (Å²) < 4.78 is 0. The van der Waals surface area contributed by atoms with Gasteiger partial charge in [0.2, 0.25) is 5.91 Å². The van der Waals surface area contributed by atoms with Crippen molar-refractivity contribution in [3.63, 3.8) is 0 Å². The number of hydrogen-bond acceptors (Lipinski definition) is 1. The average molecular weight is 307 g/mol. The molecule has 0 aromatic heterocycles. The Morgan fingerprint density at radius 2 is 1.78 bits per heavy atom. The third-order valence-corrected chi connectivity index (χ3v) is 4.73. The topological polar surface area (TPSA) is 29.1 Å². The third-order valence-electron chi connectivity index (χ3n) is 4.73. The summed E-state index contributed by atoms with van der Waals surface area (Å²) in [7, 11) is 0. The number of nitrogens with one attached hydrogen (secondary N) is 1. The lowest BCUT2D eigenvalue weighted by atomic mass is 9.89. The highest BCUT2D eigenvalue weighted by Crippen LogP contribution is 2.24. The zero-order chi connectivity index (χ0) is 16.1. The standard InChI is InChI=1S/C21H25NO/c1-16(19-13-12-18-9-5-6-10-20(18)15-19)22-21(23)14-11-17-7-3-2-4-8-17/h2-4,7-8,12-13,15-16H,5-6,9-11,14H2,1H3,(H,22,23). The van der Waals surface area contributed by atoms with Gasteiger partial charge in [-0.3, -0.25) is 4.79 Å². The average Bonchev–Trinajstić information content (AvgIpc) is 2.60. The number of amides is 1. The van der Waals surface area contributed by atoms with Crippen LogP contribution in [-0.2, 0) is 24.1 Å². The first kappa shape index (κ1) is 15.8. The van der Waals surface area contributed by atoms with Gasteiger partial charge in [-0.05, 0) is 61.3 Å². The summed E-state index contributed by atoms with van der Waals surface area (Å²) in [6, 6.07) is 17.0. The van der Waals surface area contributed by atoms with Crippen molar-refractivity contribution < 1.29 is 4.79 Å². The summed E-state index contributed by atoms with van der Waals surface area (Å²) in [5, 5.41) is 3.13. The minimum absolute atomic E-state index is 0.0745. The van der Waals surface area contributed by atoms with Crippen molar-refractivity contribution in [2.24, 2.45) is 0 Å². The van der Waals surface area contributed by atoms with Gasteiger partial charge in [0, 0.05) is 6.42 Å². The van der Waals surface area contributed by atoms with E-state index in [2.05, 4.69) is 42.6 Å². The monoisotopic (exact) mass is 307 g/mol. The molecule has 0 spiro atoms. The molecule has 1 aliphatic carbocycles. The Hall–Kier alpha value is -2.09. The van der Waals surface area contributed by atoms with Crippen LogP contribution in [-0.4, -0.2) is 5.91 Å². The molecule has 3 rings (SSSR count). The highest BCUT2D eigenvalue weighted by Gasteiger charge is 2.14. The molecule has 2 aromatic carbocycles. The quantitative estimate of drug-likeness (QED) is 0.873. The normalized spacial score (nSPS) is 14.8. The van der Waals surface area contributed by atoms with Crippen molar-refractivity contribution in [2.45, 2.75) is 51.5 Å². The molecule has 1 aliphatic rings. The van der Waals surface area contributed by atoms with Crippen LogP contribution in [0.3, 0.4) is 0 Å². The van der Waals surface area contributed by atoms with Crippen LogP contribution in [0.1, 0.15) is 54.5 Å². The maximum atomic E-state index is 12.2. The van der Waals surface area contributed by atoms with Gasteiger partial charge in [-0.1, -0.05) is 48.5 Å². The molecule has 0 heterocycles. The van der Waals surface area contributed by atoms with Crippen LogP contribution >= 0.6 is 0 Å². The predicted molar refractivity (Wildman–Crippen MR) is 94.4 cm³/mol. The Labute approximate surface area is 138 Å². The van der Waals surface area contributed by atoms with Crippen molar-refractivity contribution in [3.05, 3.63) is 70.8 Å². The van der Waals surface area contributed by atoms with Crippen LogP contribution in [0.25, 0.3) is 0 Å². The fourth-order valence-electron chi connectivity index (χ4n) is 3.32. The van der Waals surface area contributed by atoms with Gasteiger partial charge in [0.25, 0.3) is 0 Å². The molecule has 0 fully saturated rings. The summed E-state index contributed by atoms with van der Waals surface area (Å²) in [5.74, 6) is 0.124. The van der Waals surface area contributed by atoms with Gasteiger partial charge in [0.1, 0.15) is 0 Å². The highest BCUT2D eigenvalue weighted by molar-refractivity contribution is 5.76. The fourth-order valence-corrected chi connectivity index (χ4v) is 3.32. The molecule has 1 unspecified atom stereocenters. The van der Waals surface area contributed by atoms with Gasteiger partial charge < -0.3 is 5.32 Å². The first-order valence-corrected chi connectivity index (χ1v) is 8.67. The number of aryl methyl sites for hydroxylation is 3. The van der Waals surface area contributed by atoms with E-state index in [1.807, 2.05) is 18.2 Å². The maximum absolute atomic E-state index is 12.2. The van der Waals surface area contributed by atoms with Crippen LogP contribution in [0.5, 0.6) is 0 Å². The summed E-state index contributed by atoms with van der Waals surface area (Å²) in [6.45, 7) is 2.07. The smallest absolute Gasteiger partial charge is 0.220 e. The largest absolute Gasteiger partial charge is 0.350 e. The van der Waals surface area contributed by atoms with Crippen LogP contribution in [0.15, 0.2) is 48.5 Å². The Kier molecular flexibility index (Phi) is 5.12. The van der Waals surface area contributed by atoms with Crippen LogP contribution in [0.2, 0.25) is 0 Å². The summed E-state index contributed by atoms with van der Waals surface area (Å²) in [5.41, 5.74) is 5.39. The van der Waals surface area contributed by atoms with Crippen LogP contribution < -0.4 is 5.32 Å². The Bertz CT molecular complexity index is 663. The SMILES string of the molecule is CC(NC(=O)CCc1ccccc1)c1ccc2c(c1)CCCC2. The van der Waals surface area contributed by atoms with E-state index in [0.29, 0.717) is 6.42 Å². The van der Waals surface area contributed by atoms with Crippen molar-refractivity contribution in [1.29, 1.82) is 0 Å². The molecular formula is C21H25NO. The van der Waals surface area contributed by atoms with Crippen molar-refractivity contribution >= 4 is 5.91 Å². The molecule has 1 N–H and O–H groups in total. The van der Waals surface area contributed by atoms with Gasteiger partial charge in [-0.2, -0.15) is 0 Å². The molecule has 0 saturated carbocycles. The van der Waals surface area contributed by atoms with Gasteiger partial charge in [0.05, 0.1) is 6.04 Å². The molecule has 2 nitrogen and oxygen atoms in total. The summed E-state index contributed by atoms with van der Waals surface area (Å²) >= 11 is 0. The lowest BCUT2D eigenvalue weighted by Gasteiger charge is -2.20. The van der Waals surface area contributed by atoms with Gasteiger partial charge in [0.15, 0.2) is 0 Å². The van der Waals surface area contributed by atoms with Gasteiger partial charge >= 0.3 is 0 Å².